The Hall–Kier alpha value is -2.67. The number of morpholine rings is 1. The number of hydrogen-bond acceptors (Lipinski definition) is 7. The van der Waals surface area contributed by atoms with E-state index in [1.165, 1.54) is 30.3 Å². The molecule has 7 nitrogen and oxygen atoms in total. The molecule has 1 atom stereocenters. The molecule has 3 aliphatic rings. The number of nitrogens with zero attached hydrogens (tertiary/aromatic N) is 4. The fourth-order valence-corrected chi connectivity index (χ4v) is 4.51. The van der Waals surface area contributed by atoms with Gasteiger partial charge in [-0.1, -0.05) is 0 Å². The molecule has 1 aliphatic carbocycles. The van der Waals surface area contributed by atoms with Gasteiger partial charge in [0.15, 0.2) is 0 Å². The van der Waals surface area contributed by atoms with Crippen LogP contribution in [0.3, 0.4) is 0 Å². The second kappa shape index (κ2) is 6.74. The lowest BCUT2D eigenvalue weighted by molar-refractivity contribution is 0.0985. The zero-order chi connectivity index (χ0) is 19.3. The number of nitrogens with one attached hydrogen (secondary N) is 1. The summed E-state index contributed by atoms with van der Waals surface area (Å²) in [5.41, 5.74) is 10.9. The molecule has 7 heteroatoms. The van der Waals surface area contributed by atoms with Crippen molar-refractivity contribution in [3.63, 3.8) is 0 Å². The van der Waals surface area contributed by atoms with Gasteiger partial charge >= 0.3 is 0 Å². The van der Waals surface area contributed by atoms with E-state index in [0.717, 1.165) is 49.4 Å². The van der Waals surface area contributed by atoms with Crippen LogP contribution >= 0.6 is 0 Å². The van der Waals surface area contributed by atoms with Crippen molar-refractivity contribution in [3.05, 3.63) is 29.6 Å². The summed E-state index contributed by atoms with van der Waals surface area (Å²) >= 11 is 0. The molecule has 0 bridgehead atoms. The van der Waals surface area contributed by atoms with E-state index in [4.69, 9.17) is 20.9 Å². The zero-order valence-corrected chi connectivity index (χ0v) is 16.2. The average molecular weight is 378 g/mol. The predicted octanol–water partition coefficient (Wildman–Crippen LogP) is 2.33. The van der Waals surface area contributed by atoms with Gasteiger partial charge in [-0.3, -0.25) is 4.98 Å². The maximum atomic E-state index is 7.38. The second-order valence-electron chi connectivity index (χ2n) is 7.90. The summed E-state index contributed by atoms with van der Waals surface area (Å²) in [5, 5.41) is 8.50. The third-order valence-corrected chi connectivity index (χ3v) is 6.01. The lowest BCUT2D eigenvalue weighted by Crippen LogP contribution is -2.44. The molecule has 0 amide bonds. The van der Waals surface area contributed by atoms with Gasteiger partial charge in [0.05, 0.1) is 30.6 Å². The molecule has 0 aromatic carbocycles. The Labute approximate surface area is 164 Å². The van der Waals surface area contributed by atoms with Crippen LogP contribution in [-0.2, 0) is 11.2 Å². The van der Waals surface area contributed by atoms with Crippen LogP contribution in [0.25, 0.3) is 16.6 Å². The van der Waals surface area contributed by atoms with Gasteiger partial charge in [0.1, 0.15) is 17.0 Å². The Morgan fingerprint density at radius 1 is 1.32 bits per heavy atom. The number of aromatic nitrogens is 2. The quantitative estimate of drug-likeness (QED) is 0.794. The van der Waals surface area contributed by atoms with E-state index < -0.39 is 0 Å². The molecule has 0 spiro atoms. The standard InChI is InChI=1S/C21H26N6O/c1-13-12-28-11-10-26(13)21-16-6-9-27(14-2-3-14)20(16)15-5-8-24-19(18(15)25-21)17(23)4-7-22/h4-5,7-8,13-14,22H,2-3,6,9-12,23H2,1H3. The highest BCUT2D eigenvalue weighted by Gasteiger charge is 2.38. The van der Waals surface area contributed by atoms with Crippen molar-refractivity contribution in [2.75, 3.05) is 36.1 Å². The van der Waals surface area contributed by atoms with Gasteiger partial charge < -0.3 is 25.7 Å². The van der Waals surface area contributed by atoms with E-state index in [9.17, 15) is 0 Å². The normalized spacial score (nSPS) is 22.6. The van der Waals surface area contributed by atoms with E-state index in [1.807, 2.05) is 6.20 Å². The maximum Gasteiger partial charge on any atom is 0.135 e. The summed E-state index contributed by atoms with van der Waals surface area (Å²) in [6, 6.07) is 3.00. The molecule has 1 saturated heterocycles. The molecule has 2 aromatic heterocycles. The van der Waals surface area contributed by atoms with Gasteiger partial charge in [-0.2, -0.15) is 0 Å². The summed E-state index contributed by atoms with van der Waals surface area (Å²) < 4.78 is 5.66. The fourth-order valence-electron chi connectivity index (χ4n) is 4.51. The van der Waals surface area contributed by atoms with Crippen LogP contribution in [0.15, 0.2) is 18.3 Å². The minimum Gasteiger partial charge on any atom is -0.397 e. The van der Waals surface area contributed by atoms with Crippen molar-refractivity contribution in [2.45, 2.75) is 38.3 Å². The van der Waals surface area contributed by atoms with Gasteiger partial charge in [-0.25, -0.2) is 4.98 Å². The monoisotopic (exact) mass is 378 g/mol. The van der Waals surface area contributed by atoms with Crippen molar-refractivity contribution in [3.8, 4) is 0 Å². The average Bonchev–Trinajstić information content (AvgIpc) is 3.45. The van der Waals surface area contributed by atoms with E-state index in [-0.39, 0.29) is 6.04 Å². The number of anilines is 2. The van der Waals surface area contributed by atoms with Crippen molar-refractivity contribution >= 4 is 34.3 Å². The summed E-state index contributed by atoms with van der Waals surface area (Å²) in [6.45, 7) is 5.53. The number of hydrogen-bond donors (Lipinski definition) is 2. The highest BCUT2D eigenvalue weighted by molar-refractivity contribution is 6.02. The van der Waals surface area contributed by atoms with Crippen LogP contribution in [-0.4, -0.2) is 54.6 Å². The molecular weight excluding hydrogens is 352 g/mol. The van der Waals surface area contributed by atoms with Crippen LogP contribution in [0.1, 0.15) is 31.0 Å². The first kappa shape index (κ1) is 17.4. The van der Waals surface area contributed by atoms with E-state index in [0.29, 0.717) is 17.4 Å². The second-order valence-corrected chi connectivity index (χ2v) is 7.90. The van der Waals surface area contributed by atoms with Crippen molar-refractivity contribution < 1.29 is 4.74 Å². The van der Waals surface area contributed by atoms with Crippen LogP contribution < -0.4 is 15.5 Å². The van der Waals surface area contributed by atoms with Gasteiger partial charge in [0.25, 0.3) is 0 Å². The number of rotatable bonds is 4. The van der Waals surface area contributed by atoms with Gasteiger partial charge in [0, 0.05) is 42.5 Å². The molecule has 1 saturated carbocycles. The lowest BCUT2D eigenvalue weighted by atomic mass is 10.1. The van der Waals surface area contributed by atoms with E-state index >= 15 is 0 Å². The Morgan fingerprint density at radius 3 is 2.93 bits per heavy atom. The van der Waals surface area contributed by atoms with Crippen molar-refractivity contribution in [1.82, 2.24) is 9.97 Å². The Kier molecular flexibility index (Phi) is 4.19. The van der Waals surface area contributed by atoms with Crippen LogP contribution in [0.2, 0.25) is 0 Å². The molecule has 1 unspecified atom stereocenters. The van der Waals surface area contributed by atoms with Gasteiger partial charge in [-0.05, 0) is 38.3 Å². The molecule has 2 fully saturated rings. The largest absolute Gasteiger partial charge is 0.397 e. The van der Waals surface area contributed by atoms with Crippen LogP contribution in [0.5, 0.6) is 0 Å². The van der Waals surface area contributed by atoms with Crippen LogP contribution in [0, 0.1) is 5.41 Å². The zero-order valence-electron chi connectivity index (χ0n) is 16.2. The Morgan fingerprint density at radius 2 is 2.18 bits per heavy atom. The molecule has 28 heavy (non-hydrogen) atoms. The summed E-state index contributed by atoms with van der Waals surface area (Å²) in [5.74, 6) is 1.05. The number of fused-ring (bicyclic) bond motifs is 3. The molecule has 0 radical (unpaired) electrons. The number of ether oxygens (including phenoxy) is 1. The van der Waals surface area contributed by atoms with Crippen molar-refractivity contribution in [2.24, 2.45) is 5.73 Å². The van der Waals surface area contributed by atoms with E-state index in [1.54, 1.807) is 6.08 Å². The molecule has 146 valence electrons. The molecule has 2 aliphatic heterocycles. The smallest absolute Gasteiger partial charge is 0.135 e. The summed E-state index contributed by atoms with van der Waals surface area (Å²) in [4.78, 5) is 14.6. The first-order chi connectivity index (χ1) is 13.7. The SMILES string of the molecule is CC1COCCN1c1nc2c(C(N)=CC=N)nccc2c2c1CCN2C1CC1. The Bertz CT molecular complexity index is 967. The first-order valence-corrected chi connectivity index (χ1v) is 10.1. The number of nitrogens with two attached hydrogens (primary N) is 1. The molecule has 5 rings (SSSR count). The van der Waals surface area contributed by atoms with Crippen LogP contribution in [0.4, 0.5) is 11.5 Å². The van der Waals surface area contributed by atoms with Gasteiger partial charge in [-0.15, -0.1) is 0 Å². The lowest BCUT2D eigenvalue weighted by Gasteiger charge is -2.36. The third-order valence-electron chi connectivity index (χ3n) is 6.01. The highest BCUT2D eigenvalue weighted by Crippen LogP contribution is 2.46. The fraction of sp³-hybridized carbons (Fsp3) is 0.476. The molecule has 3 N–H and O–H groups in total. The highest BCUT2D eigenvalue weighted by atomic mass is 16.5. The molecule has 4 heterocycles. The van der Waals surface area contributed by atoms with Crippen molar-refractivity contribution in [1.29, 1.82) is 5.41 Å². The van der Waals surface area contributed by atoms with Gasteiger partial charge in [0.2, 0.25) is 0 Å². The topological polar surface area (TPSA) is 91.4 Å². The molecule has 2 aromatic rings. The summed E-state index contributed by atoms with van der Waals surface area (Å²) in [7, 11) is 0. The number of allylic oxidation sites excluding steroid dienone is 1. The number of pyridine rings is 2. The minimum atomic E-state index is 0.285. The first-order valence-electron chi connectivity index (χ1n) is 10.1. The third kappa shape index (κ3) is 2.73. The summed E-state index contributed by atoms with van der Waals surface area (Å²) in [6.07, 6.45) is 8.14. The molecular formula is C21H26N6O. The minimum absolute atomic E-state index is 0.285. The Balaban J connectivity index is 1.77. The van der Waals surface area contributed by atoms with E-state index in [2.05, 4.69) is 27.8 Å². The maximum absolute atomic E-state index is 7.38. The predicted molar refractivity (Wildman–Crippen MR) is 112 cm³/mol.